The first-order valence-corrected chi connectivity index (χ1v) is 5.57. The van der Waals surface area contributed by atoms with Crippen LogP contribution in [0.5, 0.6) is 0 Å². The fourth-order valence-electron chi connectivity index (χ4n) is 2.93. The van der Waals surface area contributed by atoms with E-state index in [1.807, 2.05) is 0 Å². The molecule has 2 saturated heterocycles. The summed E-state index contributed by atoms with van der Waals surface area (Å²) in [5.74, 6) is 0.918. The van der Waals surface area contributed by atoms with Gasteiger partial charge in [0, 0.05) is 18.0 Å². The van der Waals surface area contributed by atoms with Crippen LogP contribution in [0.2, 0.25) is 0 Å². The van der Waals surface area contributed by atoms with Gasteiger partial charge in [-0.05, 0) is 31.6 Å². The fourth-order valence-corrected chi connectivity index (χ4v) is 2.93. The van der Waals surface area contributed by atoms with Crippen LogP contribution in [0.15, 0.2) is 0 Å². The maximum atomic E-state index is 13.7. The Bertz CT molecular complexity index is 181. The van der Waals surface area contributed by atoms with Crippen molar-refractivity contribution in [2.45, 2.75) is 57.8 Å². The minimum absolute atomic E-state index is 0.291. The van der Waals surface area contributed by atoms with E-state index in [0.717, 1.165) is 12.8 Å². The van der Waals surface area contributed by atoms with Gasteiger partial charge < -0.3 is 5.32 Å². The first-order valence-electron chi connectivity index (χ1n) is 5.57. The predicted octanol–water partition coefficient (Wildman–Crippen LogP) is 2.51. The van der Waals surface area contributed by atoms with Crippen LogP contribution in [0.25, 0.3) is 0 Å². The first kappa shape index (κ1) is 9.45. The lowest BCUT2D eigenvalue weighted by atomic mass is 9.84. The Kier molecular flexibility index (Phi) is 2.59. The van der Waals surface area contributed by atoms with Gasteiger partial charge in [0.25, 0.3) is 0 Å². The van der Waals surface area contributed by atoms with Crippen LogP contribution < -0.4 is 5.32 Å². The minimum atomic E-state index is -0.541. The third-order valence-corrected chi connectivity index (χ3v) is 3.51. The van der Waals surface area contributed by atoms with Crippen molar-refractivity contribution in [2.24, 2.45) is 11.8 Å². The molecule has 1 N–H and O–H groups in total. The van der Waals surface area contributed by atoms with E-state index in [1.54, 1.807) is 0 Å². The van der Waals surface area contributed by atoms with Crippen molar-refractivity contribution in [3.8, 4) is 0 Å². The summed E-state index contributed by atoms with van der Waals surface area (Å²) in [4.78, 5) is 0. The van der Waals surface area contributed by atoms with Gasteiger partial charge in [0.1, 0.15) is 6.17 Å². The Morgan fingerprint density at radius 2 is 2.15 bits per heavy atom. The molecular formula is C11H20FN. The molecule has 2 bridgehead atoms. The van der Waals surface area contributed by atoms with Crippen LogP contribution in [0, 0.1) is 11.8 Å². The maximum absolute atomic E-state index is 13.7. The fraction of sp³-hybridized carbons (Fsp3) is 1.00. The molecule has 4 atom stereocenters. The van der Waals surface area contributed by atoms with Crippen LogP contribution in [0.3, 0.4) is 0 Å². The van der Waals surface area contributed by atoms with Crippen molar-refractivity contribution in [3.05, 3.63) is 0 Å². The van der Waals surface area contributed by atoms with Gasteiger partial charge in [-0.25, -0.2) is 4.39 Å². The standard InChI is InChI=1S/C11H20FN/c1-7(2)5-9-10(12)6-8-3-4-11(9)13-8/h7-11,13H,3-6H2,1-2H3. The molecule has 0 aromatic carbocycles. The van der Waals surface area contributed by atoms with Gasteiger partial charge in [-0.2, -0.15) is 0 Å². The summed E-state index contributed by atoms with van der Waals surface area (Å²) >= 11 is 0. The zero-order chi connectivity index (χ0) is 9.42. The Morgan fingerprint density at radius 1 is 1.38 bits per heavy atom. The van der Waals surface area contributed by atoms with Crippen LogP contribution in [-0.4, -0.2) is 18.3 Å². The maximum Gasteiger partial charge on any atom is 0.106 e. The van der Waals surface area contributed by atoms with E-state index in [4.69, 9.17) is 0 Å². The second-order valence-electron chi connectivity index (χ2n) is 5.09. The summed E-state index contributed by atoms with van der Waals surface area (Å²) in [7, 11) is 0. The van der Waals surface area contributed by atoms with Crippen molar-refractivity contribution >= 4 is 0 Å². The van der Waals surface area contributed by atoms with Crippen molar-refractivity contribution in [1.82, 2.24) is 5.32 Å². The molecule has 1 nitrogen and oxygen atoms in total. The minimum Gasteiger partial charge on any atom is -0.311 e. The van der Waals surface area contributed by atoms with E-state index in [-0.39, 0.29) is 0 Å². The first-order chi connectivity index (χ1) is 6.16. The molecule has 2 fully saturated rings. The van der Waals surface area contributed by atoms with Gasteiger partial charge in [-0.1, -0.05) is 13.8 Å². The van der Waals surface area contributed by atoms with E-state index in [1.165, 1.54) is 12.8 Å². The molecule has 0 aromatic heterocycles. The molecule has 0 aromatic rings. The normalized spacial score (nSPS) is 44.3. The number of piperidine rings is 1. The number of hydrogen-bond acceptors (Lipinski definition) is 1. The van der Waals surface area contributed by atoms with Crippen molar-refractivity contribution in [1.29, 1.82) is 0 Å². The lowest BCUT2D eigenvalue weighted by Crippen LogP contribution is -2.46. The van der Waals surface area contributed by atoms with Crippen molar-refractivity contribution < 1.29 is 4.39 Å². The average molecular weight is 185 g/mol. The summed E-state index contributed by atoms with van der Waals surface area (Å²) in [6.45, 7) is 4.38. The highest BCUT2D eigenvalue weighted by molar-refractivity contribution is 4.97. The highest BCUT2D eigenvalue weighted by atomic mass is 19.1. The van der Waals surface area contributed by atoms with E-state index < -0.39 is 6.17 Å². The van der Waals surface area contributed by atoms with Gasteiger partial charge >= 0.3 is 0 Å². The molecule has 13 heavy (non-hydrogen) atoms. The summed E-state index contributed by atoms with van der Waals surface area (Å²) in [6.07, 6.45) is 3.66. The number of rotatable bonds is 2. The third-order valence-electron chi connectivity index (χ3n) is 3.51. The summed E-state index contributed by atoms with van der Waals surface area (Å²) in [6, 6.07) is 0.972. The van der Waals surface area contributed by atoms with Crippen molar-refractivity contribution in [3.63, 3.8) is 0 Å². The van der Waals surface area contributed by atoms with E-state index in [9.17, 15) is 4.39 Å². The summed E-state index contributed by atoms with van der Waals surface area (Å²) < 4.78 is 13.7. The van der Waals surface area contributed by atoms with Gasteiger partial charge in [-0.15, -0.1) is 0 Å². The van der Waals surface area contributed by atoms with E-state index in [0.29, 0.717) is 23.9 Å². The molecular weight excluding hydrogens is 165 g/mol. The molecule has 0 amide bonds. The van der Waals surface area contributed by atoms with Crippen LogP contribution in [0.1, 0.15) is 39.5 Å². The zero-order valence-corrected chi connectivity index (χ0v) is 8.59. The largest absolute Gasteiger partial charge is 0.311 e. The molecule has 2 aliphatic rings. The van der Waals surface area contributed by atoms with E-state index in [2.05, 4.69) is 19.2 Å². The lowest BCUT2D eigenvalue weighted by molar-refractivity contribution is 0.118. The SMILES string of the molecule is CC(C)CC1C(F)CC2CCC1N2. The van der Waals surface area contributed by atoms with Crippen LogP contribution >= 0.6 is 0 Å². The Labute approximate surface area is 80.1 Å². The van der Waals surface area contributed by atoms with Crippen LogP contribution in [-0.2, 0) is 0 Å². The quantitative estimate of drug-likeness (QED) is 0.697. The Balaban J connectivity index is 1.99. The van der Waals surface area contributed by atoms with Gasteiger partial charge in [0.15, 0.2) is 0 Å². The van der Waals surface area contributed by atoms with Crippen molar-refractivity contribution in [2.75, 3.05) is 0 Å². The molecule has 2 heterocycles. The zero-order valence-electron chi connectivity index (χ0n) is 8.59. The molecule has 0 saturated carbocycles. The van der Waals surface area contributed by atoms with Gasteiger partial charge in [0.05, 0.1) is 0 Å². The lowest BCUT2D eigenvalue weighted by Gasteiger charge is -2.34. The highest BCUT2D eigenvalue weighted by Crippen LogP contribution is 2.36. The highest BCUT2D eigenvalue weighted by Gasteiger charge is 2.41. The average Bonchev–Trinajstić information content (AvgIpc) is 2.42. The molecule has 0 aliphatic carbocycles. The molecule has 0 spiro atoms. The molecule has 2 aliphatic heterocycles. The van der Waals surface area contributed by atoms with Gasteiger partial charge in [0.2, 0.25) is 0 Å². The third kappa shape index (κ3) is 1.88. The molecule has 0 radical (unpaired) electrons. The summed E-state index contributed by atoms with van der Waals surface area (Å²) in [5.41, 5.74) is 0. The summed E-state index contributed by atoms with van der Waals surface area (Å²) in [5, 5.41) is 3.54. The monoisotopic (exact) mass is 185 g/mol. The number of alkyl halides is 1. The number of hydrogen-bond donors (Lipinski definition) is 1. The number of fused-ring (bicyclic) bond motifs is 2. The molecule has 2 rings (SSSR count). The second kappa shape index (κ2) is 3.56. The smallest absolute Gasteiger partial charge is 0.106 e. The molecule has 76 valence electrons. The Morgan fingerprint density at radius 3 is 2.85 bits per heavy atom. The second-order valence-corrected chi connectivity index (χ2v) is 5.09. The number of nitrogens with one attached hydrogen (secondary N) is 1. The topological polar surface area (TPSA) is 12.0 Å². The molecule has 2 heteroatoms. The van der Waals surface area contributed by atoms with Gasteiger partial charge in [-0.3, -0.25) is 0 Å². The Hall–Kier alpha value is -0.110. The van der Waals surface area contributed by atoms with E-state index >= 15 is 0 Å². The molecule has 4 unspecified atom stereocenters. The van der Waals surface area contributed by atoms with Crippen LogP contribution in [0.4, 0.5) is 4.39 Å². The predicted molar refractivity (Wildman–Crippen MR) is 52.4 cm³/mol. The number of halogens is 1.